The number of benzene rings is 1. The Morgan fingerprint density at radius 2 is 2.12 bits per heavy atom. The highest BCUT2D eigenvalue weighted by atomic mass is 16.5. The maximum Gasteiger partial charge on any atom is 0.338 e. The van der Waals surface area contributed by atoms with E-state index in [0.29, 0.717) is 0 Å². The molecule has 5 nitrogen and oxygen atoms in total. The number of phenols is 1. The summed E-state index contributed by atoms with van der Waals surface area (Å²) in [5.41, 5.74) is 0.212. The fourth-order valence-electron chi connectivity index (χ4n) is 1.10. The van der Waals surface area contributed by atoms with Gasteiger partial charge in [-0.05, 0) is 25.1 Å². The van der Waals surface area contributed by atoms with E-state index in [-0.39, 0.29) is 23.7 Å². The Morgan fingerprint density at radius 1 is 1.41 bits per heavy atom. The monoisotopic (exact) mass is 237 g/mol. The summed E-state index contributed by atoms with van der Waals surface area (Å²) >= 11 is 0. The molecule has 0 heterocycles. The molecule has 0 amide bonds. The number of rotatable bonds is 4. The van der Waals surface area contributed by atoms with Gasteiger partial charge < -0.3 is 14.6 Å². The normalized spacial score (nSPS) is 9.76. The summed E-state index contributed by atoms with van der Waals surface area (Å²) in [7, 11) is 0. The smallest absolute Gasteiger partial charge is 0.338 e. The first-order chi connectivity index (χ1) is 8.08. The van der Waals surface area contributed by atoms with Gasteiger partial charge in [-0.25, -0.2) is 4.79 Å². The van der Waals surface area contributed by atoms with Crippen LogP contribution in [0.2, 0.25) is 0 Å². The van der Waals surface area contributed by atoms with Gasteiger partial charge >= 0.3 is 11.9 Å². The molecule has 1 N–H and O–H groups in total. The second-order valence-electron chi connectivity index (χ2n) is 3.11. The van der Waals surface area contributed by atoms with Gasteiger partial charge in [-0.15, -0.1) is 0 Å². The molecular weight excluding hydrogens is 224 g/mol. The molecule has 5 heteroatoms. The van der Waals surface area contributed by atoms with Crippen molar-refractivity contribution in [3.05, 3.63) is 30.2 Å². The van der Waals surface area contributed by atoms with E-state index in [0.717, 1.165) is 0 Å². The standard InChI is InChI=1S/C12H13O5/c1-3-11(14)17-10-7-8(5-6-9(10)13)12(15)16-4-2/h3,5-7,13H,4H2,1-2H3. The second kappa shape index (κ2) is 5.89. The van der Waals surface area contributed by atoms with Gasteiger partial charge in [0.1, 0.15) is 0 Å². The lowest BCUT2D eigenvalue weighted by atomic mass is 10.2. The average molecular weight is 237 g/mol. The van der Waals surface area contributed by atoms with E-state index >= 15 is 0 Å². The molecule has 1 aromatic carbocycles. The second-order valence-corrected chi connectivity index (χ2v) is 3.11. The molecule has 0 aromatic heterocycles. The number of carbonyl (C=O) groups excluding carboxylic acids is 2. The number of phenolic OH excluding ortho intramolecular Hbond substituents is 1. The third kappa shape index (κ3) is 3.48. The number of carbonyl (C=O) groups is 2. The van der Waals surface area contributed by atoms with Crippen LogP contribution >= 0.6 is 0 Å². The molecule has 0 aliphatic heterocycles. The summed E-state index contributed by atoms with van der Waals surface area (Å²) in [6.07, 6.45) is 1.20. The lowest BCUT2D eigenvalue weighted by Crippen LogP contribution is -2.08. The number of ether oxygens (including phenoxy) is 2. The molecule has 0 bridgehead atoms. The molecule has 0 fully saturated rings. The molecule has 0 atom stereocenters. The molecule has 91 valence electrons. The molecule has 0 aliphatic rings. The van der Waals surface area contributed by atoms with Gasteiger partial charge in [0.2, 0.25) is 0 Å². The van der Waals surface area contributed by atoms with Crippen LogP contribution in [0.1, 0.15) is 24.2 Å². The number of hydrogen-bond donors (Lipinski definition) is 1. The van der Waals surface area contributed by atoms with Crippen molar-refractivity contribution in [2.45, 2.75) is 13.8 Å². The summed E-state index contributed by atoms with van der Waals surface area (Å²) in [5, 5.41) is 9.45. The highest BCUT2D eigenvalue weighted by Crippen LogP contribution is 2.27. The Labute approximate surface area is 99.0 Å². The molecule has 0 unspecified atom stereocenters. The summed E-state index contributed by atoms with van der Waals surface area (Å²) < 4.78 is 9.60. The molecular formula is C12H13O5. The fourth-order valence-corrected chi connectivity index (χ4v) is 1.10. The minimum atomic E-state index is -0.610. The van der Waals surface area contributed by atoms with Crippen molar-refractivity contribution in [1.29, 1.82) is 0 Å². The Hall–Kier alpha value is -2.04. The topological polar surface area (TPSA) is 72.8 Å². The van der Waals surface area contributed by atoms with Gasteiger partial charge in [-0.3, -0.25) is 4.79 Å². The van der Waals surface area contributed by atoms with Crippen LogP contribution in [0, 0.1) is 6.42 Å². The first-order valence-corrected chi connectivity index (χ1v) is 5.09. The molecule has 1 aromatic rings. The number of esters is 2. The minimum Gasteiger partial charge on any atom is -0.504 e. The molecule has 1 radical (unpaired) electrons. The van der Waals surface area contributed by atoms with Crippen molar-refractivity contribution >= 4 is 11.9 Å². The van der Waals surface area contributed by atoms with Gasteiger partial charge in [0.15, 0.2) is 11.5 Å². The van der Waals surface area contributed by atoms with E-state index in [1.807, 2.05) is 0 Å². The van der Waals surface area contributed by atoms with Gasteiger partial charge in [0, 0.05) is 0 Å². The van der Waals surface area contributed by atoms with Crippen molar-refractivity contribution in [3.8, 4) is 11.5 Å². The highest BCUT2D eigenvalue weighted by molar-refractivity contribution is 5.90. The van der Waals surface area contributed by atoms with E-state index in [1.54, 1.807) is 6.92 Å². The summed E-state index contributed by atoms with van der Waals surface area (Å²) in [6, 6.07) is 3.92. The van der Waals surface area contributed by atoms with Crippen molar-refractivity contribution in [3.63, 3.8) is 0 Å². The van der Waals surface area contributed by atoms with E-state index in [4.69, 9.17) is 9.47 Å². The van der Waals surface area contributed by atoms with Crippen LogP contribution in [-0.2, 0) is 9.53 Å². The van der Waals surface area contributed by atoms with Gasteiger partial charge in [0.25, 0.3) is 0 Å². The molecule has 17 heavy (non-hydrogen) atoms. The first kappa shape index (κ1) is 13.0. The molecule has 0 saturated carbocycles. The SMILES string of the molecule is C[CH]C(=O)Oc1cc(C(=O)OCC)ccc1O. The lowest BCUT2D eigenvalue weighted by Gasteiger charge is -2.07. The Bertz CT molecular complexity index is 425. The predicted molar refractivity (Wildman–Crippen MR) is 59.7 cm³/mol. The lowest BCUT2D eigenvalue weighted by molar-refractivity contribution is -0.130. The Morgan fingerprint density at radius 3 is 2.71 bits per heavy atom. The van der Waals surface area contributed by atoms with E-state index < -0.39 is 11.9 Å². The van der Waals surface area contributed by atoms with Crippen LogP contribution in [-0.4, -0.2) is 23.7 Å². The maximum absolute atomic E-state index is 11.4. The molecule has 0 spiro atoms. The quantitative estimate of drug-likeness (QED) is 0.637. The van der Waals surface area contributed by atoms with Gasteiger partial charge in [-0.1, -0.05) is 6.92 Å². The molecule has 1 rings (SSSR count). The van der Waals surface area contributed by atoms with Crippen LogP contribution in [0.5, 0.6) is 11.5 Å². The fraction of sp³-hybridized carbons (Fsp3) is 0.250. The first-order valence-electron chi connectivity index (χ1n) is 5.09. The van der Waals surface area contributed by atoms with Crippen molar-refractivity contribution in [2.24, 2.45) is 0 Å². The summed E-state index contributed by atoms with van der Waals surface area (Å²) in [5.74, 6) is -1.43. The van der Waals surface area contributed by atoms with Crippen LogP contribution in [0.3, 0.4) is 0 Å². The zero-order chi connectivity index (χ0) is 12.8. The van der Waals surface area contributed by atoms with E-state index in [9.17, 15) is 14.7 Å². The Balaban J connectivity index is 2.93. The van der Waals surface area contributed by atoms with Crippen molar-refractivity contribution < 1.29 is 24.2 Å². The summed E-state index contributed by atoms with van der Waals surface area (Å²) in [4.78, 5) is 22.4. The van der Waals surface area contributed by atoms with Crippen molar-refractivity contribution in [2.75, 3.05) is 6.61 Å². The number of aromatic hydroxyl groups is 1. The van der Waals surface area contributed by atoms with Crippen LogP contribution < -0.4 is 4.74 Å². The third-order valence-corrected chi connectivity index (χ3v) is 1.92. The maximum atomic E-state index is 11.4. The average Bonchev–Trinajstić information content (AvgIpc) is 2.32. The minimum absolute atomic E-state index is 0.0707. The molecule has 0 saturated heterocycles. The van der Waals surface area contributed by atoms with E-state index in [2.05, 4.69) is 0 Å². The predicted octanol–water partition coefficient (Wildman–Crippen LogP) is 1.70. The molecule has 0 aliphatic carbocycles. The zero-order valence-corrected chi connectivity index (χ0v) is 9.60. The van der Waals surface area contributed by atoms with Crippen LogP contribution in [0.4, 0.5) is 0 Å². The Kier molecular flexibility index (Phi) is 4.51. The van der Waals surface area contributed by atoms with Crippen LogP contribution in [0.15, 0.2) is 18.2 Å². The summed E-state index contributed by atoms with van der Waals surface area (Å²) in [6.45, 7) is 3.44. The van der Waals surface area contributed by atoms with E-state index in [1.165, 1.54) is 31.5 Å². The third-order valence-electron chi connectivity index (χ3n) is 1.92. The van der Waals surface area contributed by atoms with Gasteiger partial charge in [0.05, 0.1) is 18.6 Å². The largest absolute Gasteiger partial charge is 0.504 e. The van der Waals surface area contributed by atoms with Gasteiger partial charge in [-0.2, -0.15) is 0 Å². The zero-order valence-electron chi connectivity index (χ0n) is 9.60. The van der Waals surface area contributed by atoms with Crippen LogP contribution in [0.25, 0.3) is 0 Å². The van der Waals surface area contributed by atoms with Crippen molar-refractivity contribution in [1.82, 2.24) is 0 Å². The number of hydrogen-bond acceptors (Lipinski definition) is 5. The highest BCUT2D eigenvalue weighted by Gasteiger charge is 2.13.